The predicted molar refractivity (Wildman–Crippen MR) is 92.8 cm³/mol. The second-order valence-corrected chi connectivity index (χ2v) is 7.45. The van der Waals surface area contributed by atoms with Crippen LogP contribution in [0.15, 0.2) is 24.5 Å². The molecular weight excluding hydrogens is 316 g/mol. The molecule has 2 aliphatic heterocycles. The van der Waals surface area contributed by atoms with E-state index in [1.54, 1.807) is 0 Å². The first-order chi connectivity index (χ1) is 12.1. The first kappa shape index (κ1) is 16.2. The van der Waals surface area contributed by atoms with E-state index in [-0.39, 0.29) is 11.9 Å². The van der Waals surface area contributed by atoms with Gasteiger partial charge in [0, 0.05) is 51.0 Å². The van der Waals surface area contributed by atoms with Gasteiger partial charge in [-0.25, -0.2) is 0 Å². The number of rotatable bonds is 4. The third-order valence-electron chi connectivity index (χ3n) is 5.12. The number of fused-ring (bicyclic) bond motifs is 2. The Hall–Kier alpha value is -2.28. The summed E-state index contributed by atoms with van der Waals surface area (Å²) in [4.78, 5) is 18.9. The molecule has 1 fully saturated rings. The fraction of sp³-hybridized carbons (Fsp3) is 0.556. The van der Waals surface area contributed by atoms with Crippen LogP contribution in [0.1, 0.15) is 35.9 Å². The van der Waals surface area contributed by atoms with Crippen LogP contribution in [0.2, 0.25) is 0 Å². The predicted octanol–water partition coefficient (Wildman–Crippen LogP) is 1.12. The molecule has 132 valence electrons. The summed E-state index contributed by atoms with van der Waals surface area (Å²) < 4.78 is 2.02. The Bertz CT molecular complexity index is 756. The monoisotopic (exact) mass is 340 g/mol. The molecular formula is C18H24N6O. The Morgan fingerprint density at radius 1 is 1.20 bits per heavy atom. The molecule has 2 aromatic rings. The molecule has 0 aromatic carbocycles. The number of hydrogen-bond donors (Lipinski definition) is 1. The smallest absolute Gasteiger partial charge is 0.289 e. The largest absolute Gasteiger partial charge is 0.347 e. The molecule has 2 aromatic heterocycles. The maximum atomic E-state index is 12.3. The summed E-state index contributed by atoms with van der Waals surface area (Å²) in [6.45, 7) is 7.82. The second-order valence-electron chi connectivity index (χ2n) is 7.45. The van der Waals surface area contributed by atoms with Gasteiger partial charge in [0.05, 0.1) is 0 Å². The number of aromatic nitrogens is 4. The number of hydrogen-bond acceptors (Lipinski definition) is 5. The van der Waals surface area contributed by atoms with Crippen molar-refractivity contribution in [2.75, 3.05) is 13.1 Å². The molecule has 7 nitrogen and oxygen atoms in total. The first-order valence-electron chi connectivity index (χ1n) is 8.94. The van der Waals surface area contributed by atoms with Crippen LogP contribution in [0.4, 0.5) is 0 Å². The molecule has 1 saturated heterocycles. The van der Waals surface area contributed by atoms with Crippen molar-refractivity contribution in [3.05, 3.63) is 41.7 Å². The zero-order valence-electron chi connectivity index (χ0n) is 14.7. The fourth-order valence-corrected chi connectivity index (χ4v) is 3.99. The highest BCUT2D eigenvalue weighted by atomic mass is 16.2. The van der Waals surface area contributed by atoms with Gasteiger partial charge in [-0.3, -0.25) is 14.7 Å². The fourth-order valence-electron chi connectivity index (χ4n) is 3.99. The minimum Gasteiger partial charge on any atom is -0.347 e. The molecule has 1 N–H and O–H groups in total. The summed E-state index contributed by atoms with van der Waals surface area (Å²) in [5.74, 6) is 2.42. The molecule has 4 heterocycles. The van der Waals surface area contributed by atoms with Gasteiger partial charge in [0.15, 0.2) is 0 Å². The lowest BCUT2D eigenvalue weighted by Gasteiger charge is -2.25. The van der Waals surface area contributed by atoms with E-state index in [1.807, 2.05) is 30.8 Å². The van der Waals surface area contributed by atoms with Gasteiger partial charge in [-0.05, 0) is 43.4 Å². The van der Waals surface area contributed by atoms with Gasteiger partial charge in [-0.15, -0.1) is 10.2 Å². The van der Waals surface area contributed by atoms with Crippen LogP contribution in [0, 0.1) is 11.8 Å². The average Bonchev–Trinajstić information content (AvgIpc) is 3.15. The van der Waals surface area contributed by atoms with Crippen LogP contribution in [-0.2, 0) is 19.5 Å². The van der Waals surface area contributed by atoms with Gasteiger partial charge in [0.1, 0.15) is 5.82 Å². The van der Waals surface area contributed by atoms with Crippen LogP contribution >= 0.6 is 0 Å². The molecule has 1 amide bonds. The minimum absolute atomic E-state index is 0.0964. The maximum Gasteiger partial charge on any atom is 0.289 e. The minimum atomic E-state index is -0.126. The summed E-state index contributed by atoms with van der Waals surface area (Å²) >= 11 is 0. The number of carbonyl (C=O) groups is 1. The van der Waals surface area contributed by atoms with Crippen molar-refractivity contribution >= 4 is 5.91 Å². The quantitative estimate of drug-likeness (QED) is 0.902. The number of nitrogens with zero attached hydrogens (tertiary/aromatic N) is 5. The lowest BCUT2D eigenvalue weighted by molar-refractivity contribution is 0.0924. The van der Waals surface area contributed by atoms with E-state index in [2.05, 4.69) is 37.5 Å². The maximum absolute atomic E-state index is 12.3. The highest BCUT2D eigenvalue weighted by Gasteiger charge is 2.39. The standard InChI is InChI=1S/C18H24N6O/c1-12(2)20-18(25)17-22-21-16-7-14-9-23(10-15(14)11-24(16)17)8-13-3-5-19-6-4-13/h3-6,12,14-15H,7-11H2,1-2H3,(H,20,25). The number of nitrogens with one attached hydrogen (secondary N) is 1. The SMILES string of the molecule is CC(C)NC(=O)c1nnc2n1CC1CN(Cc3ccncc3)CC1C2. The highest BCUT2D eigenvalue weighted by molar-refractivity contribution is 5.90. The molecule has 0 spiro atoms. The molecule has 7 heteroatoms. The summed E-state index contributed by atoms with van der Waals surface area (Å²) in [6, 6.07) is 4.25. The Kier molecular flexibility index (Phi) is 4.25. The molecule has 25 heavy (non-hydrogen) atoms. The van der Waals surface area contributed by atoms with Crippen LogP contribution in [-0.4, -0.2) is 49.7 Å². The van der Waals surface area contributed by atoms with Crippen LogP contribution in [0.3, 0.4) is 0 Å². The summed E-state index contributed by atoms with van der Waals surface area (Å²) in [5.41, 5.74) is 1.30. The van der Waals surface area contributed by atoms with E-state index in [4.69, 9.17) is 0 Å². The summed E-state index contributed by atoms with van der Waals surface area (Å²) in [7, 11) is 0. The van der Waals surface area contributed by atoms with Crippen LogP contribution in [0.5, 0.6) is 0 Å². The van der Waals surface area contributed by atoms with Crippen molar-refractivity contribution in [2.45, 2.75) is 39.4 Å². The topological polar surface area (TPSA) is 75.9 Å². The van der Waals surface area contributed by atoms with Gasteiger partial charge >= 0.3 is 0 Å². The van der Waals surface area contributed by atoms with Crippen molar-refractivity contribution in [3.63, 3.8) is 0 Å². The van der Waals surface area contributed by atoms with E-state index >= 15 is 0 Å². The van der Waals surface area contributed by atoms with Crippen LogP contribution in [0.25, 0.3) is 0 Å². The number of carbonyl (C=O) groups excluding carboxylic acids is 1. The third kappa shape index (κ3) is 3.28. The molecule has 0 saturated carbocycles. The number of amides is 1. The molecule has 0 bridgehead atoms. The van der Waals surface area contributed by atoms with Crippen molar-refractivity contribution in [1.82, 2.24) is 30.0 Å². The average molecular weight is 340 g/mol. The van der Waals surface area contributed by atoms with Crippen molar-refractivity contribution in [3.8, 4) is 0 Å². The molecule has 0 radical (unpaired) electrons. The first-order valence-corrected chi connectivity index (χ1v) is 8.94. The molecule has 2 atom stereocenters. The highest BCUT2D eigenvalue weighted by Crippen LogP contribution is 2.33. The third-order valence-corrected chi connectivity index (χ3v) is 5.12. The summed E-state index contributed by atoms with van der Waals surface area (Å²) in [6.07, 6.45) is 4.60. The van der Waals surface area contributed by atoms with Crippen molar-refractivity contribution in [2.24, 2.45) is 11.8 Å². The van der Waals surface area contributed by atoms with Gasteiger partial charge in [-0.1, -0.05) is 0 Å². The van der Waals surface area contributed by atoms with E-state index in [0.717, 1.165) is 38.4 Å². The van der Waals surface area contributed by atoms with Crippen molar-refractivity contribution < 1.29 is 4.79 Å². The van der Waals surface area contributed by atoms with E-state index in [0.29, 0.717) is 17.7 Å². The zero-order chi connectivity index (χ0) is 17.4. The Morgan fingerprint density at radius 3 is 2.72 bits per heavy atom. The summed E-state index contributed by atoms with van der Waals surface area (Å²) in [5, 5.41) is 11.3. The van der Waals surface area contributed by atoms with Gasteiger partial charge in [0.2, 0.25) is 5.82 Å². The number of pyridine rings is 1. The molecule has 2 unspecified atom stereocenters. The molecule has 4 rings (SSSR count). The molecule has 2 aliphatic rings. The normalized spacial score (nSPS) is 22.7. The molecule has 0 aliphatic carbocycles. The second kappa shape index (κ2) is 6.55. The van der Waals surface area contributed by atoms with Gasteiger partial charge in [0.25, 0.3) is 5.91 Å². The van der Waals surface area contributed by atoms with E-state index in [1.165, 1.54) is 5.56 Å². The Morgan fingerprint density at radius 2 is 1.96 bits per heavy atom. The lowest BCUT2D eigenvalue weighted by atomic mass is 9.89. The van der Waals surface area contributed by atoms with E-state index in [9.17, 15) is 4.79 Å². The Balaban J connectivity index is 1.45. The lowest BCUT2D eigenvalue weighted by Crippen LogP contribution is -2.35. The van der Waals surface area contributed by atoms with Gasteiger partial charge in [-0.2, -0.15) is 0 Å². The van der Waals surface area contributed by atoms with E-state index < -0.39 is 0 Å². The van der Waals surface area contributed by atoms with Gasteiger partial charge < -0.3 is 9.88 Å². The zero-order valence-corrected chi connectivity index (χ0v) is 14.7. The van der Waals surface area contributed by atoms with Crippen molar-refractivity contribution in [1.29, 1.82) is 0 Å². The van der Waals surface area contributed by atoms with Crippen LogP contribution < -0.4 is 5.32 Å². The number of likely N-dealkylation sites (tertiary alicyclic amines) is 1. The Labute approximate surface area is 147 Å².